The van der Waals surface area contributed by atoms with E-state index in [0.717, 1.165) is 39.0 Å². The van der Waals surface area contributed by atoms with Gasteiger partial charge in [-0.05, 0) is 58.6 Å². The Kier molecular flexibility index (Phi) is 5.47. The third-order valence-corrected chi connectivity index (χ3v) is 6.11. The van der Waals surface area contributed by atoms with Crippen molar-refractivity contribution in [2.75, 3.05) is 0 Å². The molecule has 0 saturated heterocycles. The molecule has 0 aliphatic carbocycles. The van der Waals surface area contributed by atoms with Gasteiger partial charge in [-0.15, -0.1) is 0 Å². The Morgan fingerprint density at radius 1 is 0.818 bits per heavy atom. The number of benzene rings is 4. The van der Waals surface area contributed by atoms with E-state index >= 15 is 0 Å². The van der Waals surface area contributed by atoms with Crippen LogP contribution in [-0.4, -0.2) is 21.7 Å². The van der Waals surface area contributed by atoms with Gasteiger partial charge in [-0.3, -0.25) is 0 Å². The molecule has 3 nitrogen and oxygen atoms in total. The first kappa shape index (κ1) is 21.0. The number of fused-ring (bicyclic) bond motifs is 2. The molecule has 5 rings (SSSR count). The van der Waals surface area contributed by atoms with E-state index in [4.69, 9.17) is 0 Å². The van der Waals surface area contributed by atoms with Crippen molar-refractivity contribution in [3.63, 3.8) is 0 Å². The van der Waals surface area contributed by atoms with Gasteiger partial charge in [-0.25, -0.2) is 0 Å². The van der Waals surface area contributed by atoms with Crippen molar-refractivity contribution in [3.8, 4) is 16.8 Å². The average Bonchev–Trinajstić information content (AvgIpc) is 3.16. The summed E-state index contributed by atoms with van der Waals surface area (Å²) in [7, 11) is -1.47. The van der Waals surface area contributed by atoms with Gasteiger partial charge >= 0.3 is 7.12 Å². The zero-order valence-electron chi connectivity index (χ0n) is 18.4. The molecule has 0 fully saturated rings. The molecule has 0 atom stereocenters. The summed E-state index contributed by atoms with van der Waals surface area (Å²) in [4.78, 5) is 0. The molecule has 0 amide bonds. The SMILES string of the molecule is C=Cc1c(/C=C\C)n(-c2ccc3ccccc3c2)c2cc(-c3ccc(B(O)O)cc3)ccc12. The average molecular weight is 429 g/mol. The molecule has 1 aromatic heterocycles. The second-order valence-electron chi connectivity index (χ2n) is 8.10. The number of aromatic nitrogens is 1. The number of hydrogen-bond acceptors (Lipinski definition) is 2. The highest BCUT2D eigenvalue weighted by molar-refractivity contribution is 6.58. The van der Waals surface area contributed by atoms with E-state index in [1.54, 1.807) is 12.1 Å². The maximum Gasteiger partial charge on any atom is 0.488 e. The Bertz CT molecular complexity index is 1510. The van der Waals surface area contributed by atoms with Crippen LogP contribution >= 0.6 is 0 Å². The van der Waals surface area contributed by atoms with Gasteiger partial charge in [-0.1, -0.05) is 85.5 Å². The number of nitrogens with zero attached hydrogens (tertiary/aromatic N) is 1. The van der Waals surface area contributed by atoms with E-state index in [9.17, 15) is 10.0 Å². The lowest BCUT2D eigenvalue weighted by Gasteiger charge is -2.12. The van der Waals surface area contributed by atoms with Crippen molar-refractivity contribution in [2.45, 2.75) is 6.92 Å². The minimum atomic E-state index is -1.47. The highest BCUT2D eigenvalue weighted by atomic mass is 16.4. The molecule has 5 aromatic rings. The highest BCUT2D eigenvalue weighted by Gasteiger charge is 2.16. The fourth-order valence-electron chi connectivity index (χ4n) is 4.49. The summed E-state index contributed by atoms with van der Waals surface area (Å²) in [5.41, 5.74) is 6.93. The van der Waals surface area contributed by atoms with Crippen LogP contribution in [0, 0.1) is 0 Å². The van der Waals surface area contributed by atoms with Gasteiger partial charge < -0.3 is 14.6 Å². The van der Waals surface area contributed by atoms with Crippen molar-refractivity contribution >= 4 is 46.4 Å². The quantitative estimate of drug-likeness (QED) is 0.347. The summed E-state index contributed by atoms with van der Waals surface area (Å²) in [6.07, 6.45) is 6.11. The first-order valence-corrected chi connectivity index (χ1v) is 11.0. The summed E-state index contributed by atoms with van der Waals surface area (Å²) in [6, 6.07) is 28.7. The van der Waals surface area contributed by atoms with Gasteiger partial charge in [0.15, 0.2) is 0 Å². The Hall–Kier alpha value is -3.86. The summed E-state index contributed by atoms with van der Waals surface area (Å²) in [5.74, 6) is 0. The van der Waals surface area contributed by atoms with E-state index in [-0.39, 0.29) is 0 Å². The van der Waals surface area contributed by atoms with Crippen molar-refractivity contribution in [3.05, 3.63) is 109 Å². The van der Waals surface area contributed by atoms with Crippen LogP contribution in [0.3, 0.4) is 0 Å². The zero-order chi connectivity index (χ0) is 22.9. The van der Waals surface area contributed by atoms with Gasteiger partial charge in [0.05, 0.1) is 11.2 Å². The zero-order valence-corrected chi connectivity index (χ0v) is 18.4. The Morgan fingerprint density at radius 2 is 1.55 bits per heavy atom. The molecule has 0 aliphatic heterocycles. The number of allylic oxidation sites excluding steroid dienone is 1. The summed E-state index contributed by atoms with van der Waals surface area (Å²) < 4.78 is 2.29. The van der Waals surface area contributed by atoms with E-state index < -0.39 is 7.12 Å². The lowest BCUT2D eigenvalue weighted by atomic mass is 9.80. The summed E-state index contributed by atoms with van der Waals surface area (Å²) >= 11 is 0. The second-order valence-corrected chi connectivity index (χ2v) is 8.10. The molecular formula is C29H24BNO2. The van der Waals surface area contributed by atoms with E-state index in [1.807, 2.05) is 25.1 Å². The molecular weight excluding hydrogens is 405 g/mol. The van der Waals surface area contributed by atoms with Gasteiger partial charge in [0.2, 0.25) is 0 Å². The molecule has 33 heavy (non-hydrogen) atoms. The van der Waals surface area contributed by atoms with Gasteiger partial charge in [0.1, 0.15) is 0 Å². The smallest absolute Gasteiger partial charge is 0.423 e. The van der Waals surface area contributed by atoms with Crippen molar-refractivity contribution in [2.24, 2.45) is 0 Å². The van der Waals surface area contributed by atoms with E-state index in [0.29, 0.717) is 5.46 Å². The predicted octanol–water partition coefficient (Wildman–Crippen LogP) is 5.81. The fourth-order valence-corrected chi connectivity index (χ4v) is 4.49. The normalized spacial score (nSPS) is 11.5. The third kappa shape index (κ3) is 3.70. The molecule has 4 aromatic carbocycles. The third-order valence-electron chi connectivity index (χ3n) is 6.11. The van der Waals surface area contributed by atoms with Crippen molar-refractivity contribution in [1.82, 2.24) is 4.57 Å². The Morgan fingerprint density at radius 3 is 2.24 bits per heavy atom. The van der Waals surface area contributed by atoms with Crippen LogP contribution in [0.2, 0.25) is 0 Å². The van der Waals surface area contributed by atoms with Crippen LogP contribution < -0.4 is 5.46 Å². The molecule has 4 heteroatoms. The molecule has 0 saturated carbocycles. The van der Waals surface area contributed by atoms with Crippen LogP contribution in [0.5, 0.6) is 0 Å². The van der Waals surface area contributed by atoms with Crippen LogP contribution in [0.25, 0.3) is 50.6 Å². The topological polar surface area (TPSA) is 45.4 Å². The second kappa shape index (κ2) is 8.59. The molecule has 1 heterocycles. The van der Waals surface area contributed by atoms with Gasteiger partial charge in [0, 0.05) is 16.6 Å². The highest BCUT2D eigenvalue weighted by Crippen LogP contribution is 2.35. The van der Waals surface area contributed by atoms with Gasteiger partial charge in [0.25, 0.3) is 0 Å². The van der Waals surface area contributed by atoms with Crippen LogP contribution in [0.4, 0.5) is 0 Å². The predicted molar refractivity (Wildman–Crippen MR) is 141 cm³/mol. The van der Waals surface area contributed by atoms with Crippen molar-refractivity contribution < 1.29 is 10.0 Å². The molecule has 0 bridgehead atoms. The molecule has 0 spiro atoms. The van der Waals surface area contributed by atoms with Gasteiger partial charge in [-0.2, -0.15) is 0 Å². The molecule has 0 aliphatic rings. The largest absolute Gasteiger partial charge is 0.488 e. The Labute approximate surface area is 193 Å². The summed E-state index contributed by atoms with van der Waals surface area (Å²) in [6.45, 7) is 6.12. The fraction of sp³-hybridized carbons (Fsp3) is 0.0345. The molecule has 0 unspecified atom stereocenters. The monoisotopic (exact) mass is 429 g/mol. The van der Waals surface area contributed by atoms with Crippen LogP contribution in [0.15, 0.2) is 97.6 Å². The van der Waals surface area contributed by atoms with Crippen molar-refractivity contribution in [1.29, 1.82) is 0 Å². The van der Waals surface area contributed by atoms with E-state index in [2.05, 4.69) is 84.0 Å². The summed E-state index contributed by atoms with van der Waals surface area (Å²) in [5, 5.41) is 22.4. The minimum absolute atomic E-state index is 0.476. The first-order valence-electron chi connectivity index (χ1n) is 11.0. The maximum atomic E-state index is 9.41. The molecule has 160 valence electrons. The lowest BCUT2D eigenvalue weighted by Crippen LogP contribution is -2.29. The maximum absolute atomic E-state index is 9.41. The minimum Gasteiger partial charge on any atom is -0.423 e. The molecule has 0 radical (unpaired) electrons. The number of rotatable bonds is 5. The van der Waals surface area contributed by atoms with Crippen LogP contribution in [0.1, 0.15) is 18.2 Å². The van der Waals surface area contributed by atoms with E-state index in [1.165, 1.54) is 10.8 Å². The van der Waals surface area contributed by atoms with Crippen LogP contribution in [-0.2, 0) is 0 Å². The molecule has 2 N–H and O–H groups in total. The Balaban J connectivity index is 1.77. The number of hydrogen-bond donors (Lipinski definition) is 2. The lowest BCUT2D eigenvalue weighted by molar-refractivity contribution is 0.426. The first-order chi connectivity index (χ1) is 16.1. The standard InChI is InChI=1S/C29H24BNO2/c1-3-7-28-26(4-2)27-17-13-23(21-10-14-24(15-11-21)30(32)33)19-29(27)31(28)25-16-12-20-8-5-6-9-22(20)18-25/h3-19,32-33H,2H2,1H3/b7-3-.